The highest BCUT2D eigenvalue weighted by molar-refractivity contribution is 6.11. The summed E-state index contributed by atoms with van der Waals surface area (Å²) in [5, 5.41) is 13.7. The molecule has 2 heterocycles. The highest BCUT2D eigenvalue weighted by Gasteiger charge is 2.25. The first-order valence-electron chi connectivity index (χ1n) is 8.81. The van der Waals surface area contributed by atoms with E-state index in [2.05, 4.69) is 15.3 Å². The number of benzene rings is 2. The lowest BCUT2D eigenvalue weighted by Gasteiger charge is -2.19. The number of hydrogen-bond acceptors (Lipinski definition) is 5. The zero-order chi connectivity index (χ0) is 19.5. The monoisotopic (exact) mass is 373 g/mol. The molecule has 1 atom stereocenters. The molecule has 2 aromatic heterocycles. The van der Waals surface area contributed by atoms with Crippen LogP contribution in [0.5, 0.6) is 11.6 Å². The van der Waals surface area contributed by atoms with Crippen molar-refractivity contribution >= 4 is 22.4 Å². The van der Waals surface area contributed by atoms with Gasteiger partial charge in [0.15, 0.2) is 5.78 Å². The number of fused-ring (bicyclic) bond motifs is 1. The molecule has 0 radical (unpaired) electrons. The molecule has 0 saturated heterocycles. The average molecular weight is 373 g/mol. The Balaban J connectivity index is 1.75. The minimum Gasteiger partial charge on any atom is -0.497 e. The molecule has 0 saturated carbocycles. The molecule has 0 fully saturated rings. The van der Waals surface area contributed by atoms with E-state index in [0.717, 1.165) is 16.6 Å². The standard InChI is InChI=1S/C22H19N3O3/c1-28-16-6-4-5-15(11-16)25-21(14-9-10-20(26)24-12-14)22(27)18-13-23-19-8-3-2-7-17(18)19/h2-13,21,23,25H,1H3,(H,24,26). The van der Waals surface area contributed by atoms with Crippen molar-refractivity contribution in [3.05, 3.63) is 84.2 Å². The molecule has 140 valence electrons. The number of nitrogens with zero attached hydrogens (tertiary/aromatic N) is 1. The van der Waals surface area contributed by atoms with E-state index in [9.17, 15) is 9.90 Å². The summed E-state index contributed by atoms with van der Waals surface area (Å²) < 4.78 is 5.27. The number of nitrogens with one attached hydrogen (secondary N) is 2. The van der Waals surface area contributed by atoms with E-state index in [1.807, 2.05) is 48.5 Å². The number of Topliss-reactive ketones (excluding diaryl/α,β-unsaturated/α-hetero) is 1. The Morgan fingerprint density at radius 1 is 1.14 bits per heavy atom. The van der Waals surface area contributed by atoms with Crippen LogP contribution in [0.25, 0.3) is 10.9 Å². The molecule has 0 aliphatic heterocycles. The lowest BCUT2D eigenvalue weighted by molar-refractivity contribution is 0.0971. The Morgan fingerprint density at radius 3 is 2.79 bits per heavy atom. The fourth-order valence-electron chi connectivity index (χ4n) is 3.18. The van der Waals surface area contributed by atoms with E-state index in [0.29, 0.717) is 16.9 Å². The van der Waals surface area contributed by atoms with Crippen LogP contribution in [0.1, 0.15) is 22.0 Å². The molecule has 4 aromatic rings. The number of carbonyl (C=O) groups is 1. The van der Waals surface area contributed by atoms with E-state index in [1.54, 1.807) is 19.4 Å². The number of carbonyl (C=O) groups excluding carboxylic acids is 1. The molecule has 0 aliphatic rings. The molecule has 28 heavy (non-hydrogen) atoms. The number of aromatic hydroxyl groups is 1. The molecule has 4 rings (SSSR count). The van der Waals surface area contributed by atoms with Crippen molar-refractivity contribution in [2.24, 2.45) is 0 Å². The van der Waals surface area contributed by atoms with Crippen molar-refractivity contribution in [2.45, 2.75) is 6.04 Å². The quantitative estimate of drug-likeness (QED) is 0.438. The van der Waals surface area contributed by atoms with Crippen LogP contribution in [-0.4, -0.2) is 28.0 Å². The maximum atomic E-state index is 13.5. The van der Waals surface area contributed by atoms with Crippen LogP contribution in [0.4, 0.5) is 5.69 Å². The predicted octanol–water partition coefficient (Wildman–Crippen LogP) is 4.31. The minimum absolute atomic E-state index is 0.0941. The van der Waals surface area contributed by atoms with Gasteiger partial charge in [-0.2, -0.15) is 0 Å². The van der Waals surface area contributed by atoms with Crippen molar-refractivity contribution in [3.63, 3.8) is 0 Å². The number of rotatable bonds is 6. The molecule has 3 N–H and O–H groups in total. The van der Waals surface area contributed by atoms with E-state index in [-0.39, 0.29) is 11.7 Å². The lowest BCUT2D eigenvalue weighted by atomic mass is 9.97. The number of aromatic amines is 1. The van der Waals surface area contributed by atoms with Crippen LogP contribution in [0.2, 0.25) is 0 Å². The van der Waals surface area contributed by atoms with Crippen LogP contribution < -0.4 is 10.1 Å². The first-order valence-corrected chi connectivity index (χ1v) is 8.81. The zero-order valence-electron chi connectivity index (χ0n) is 15.2. The topological polar surface area (TPSA) is 87.2 Å². The maximum Gasteiger partial charge on any atom is 0.210 e. The molecule has 1 unspecified atom stereocenters. The summed E-state index contributed by atoms with van der Waals surface area (Å²) in [6.45, 7) is 0. The Kier molecular flexibility index (Phi) is 4.68. The Hall–Kier alpha value is -3.80. The summed E-state index contributed by atoms with van der Waals surface area (Å²) in [6.07, 6.45) is 3.22. The van der Waals surface area contributed by atoms with Crippen LogP contribution in [-0.2, 0) is 0 Å². The van der Waals surface area contributed by atoms with Gasteiger partial charge < -0.3 is 20.1 Å². The van der Waals surface area contributed by atoms with Crippen molar-refractivity contribution in [1.82, 2.24) is 9.97 Å². The zero-order valence-corrected chi connectivity index (χ0v) is 15.2. The third-order valence-electron chi connectivity index (χ3n) is 4.60. The number of anilines is 1. The van der Waals surface area contributed by atoms with Crippen molar-refractivity contribution in [1.29, 1.82) is 0 Å². The van der Waals surface area contributed by atoms with Gasteiger partial charge in [-0.05, 0) is 24.3 Å². The van der Waals surface area contributed by atoms with Crippen molar-refractivity contribution in [2.75, 3.05) is 12.4 Å². The van der Waals surface area contributed by atoms with E-state index in [1.165, 1.54) is 12.3 Å². The minimum atomic E-state index is -0.681. The number of pyridine rings is 1. The van der Waals surface area contributed by atoms with Gasteiger partial charge in [-0.25, -0.2) is 4.98 Å². The number of H-pyrrole nitrogens is 1. The Labute approximate surface area is 161 Å². The maximum absolute atomic E-state index is 13.5. The van der Waals surface area contributed by atoms with Gasteiger partial charge in [0.2, 0.25) is 5.88 Å². The van der Waals surface area contributed by atoms with E-state index >= 15 is 0 Å². The summed E-state index contributed by atoms with van der Waals surface area (Å²) >= 11 is 0. The molecule has 0 aliphatic carbocycles. The molecule has 6 heteroatoms. The molecular weight excluding hydrogens is 354 g/mol. The predicted molar refractivity (Wildman–Crippen MR) is 108 cm³/mol. The molecule has 6 nitrogen and oxygen atoms in total. The van der Waals surface area contributed by atoms with Crippen LogP contribution in [0.15, 0.2) is 73.1 Å². The van der Waals surface area contributed by atoms with Crippen molar-refractivity contribution in [3.8, 4) is 11.6 Å². The van der Waals surface area contributed by atoms with Gasteiger partial charge in [-0.3, -0.25) is 4.79 Å². The highest BCUT2D eigenvalue weighted by atomic mass is 16.5. The van der Waals surface area contributed by atoms with Gasteiger partial charge in [0.25, 0.3) is 0 Å². The second-order valence-corrected chi connectivity index (χ2v) is 6.37. The van der Waals surface area contributed by atoms with Gasteiger partial charge in [-0.15, -0.1) is 0 Å². The van der Waals surface area contributed by atoms with Crippen LogP contribution in [0, 0.1) is 0 Å². The number of para-hydroxylation sites is 1. The third-order valence-corrected chi connectivity index (χ3v) is 4.60. The van der Waals surface area contributed by atoms with E-state index in [4.69, 9.17) is 4.74 Å². The summed E-state index contributed by atoms with van der Waals surface area (Å²) in [7, 11) is 1.59. The number of methoxy groups -OCH3 is 1. The Morgan fingerprint density at radius 2 is 2.00 bits per heavy atom. The van der Waals surface area contributed by atoms with Crippen molar-refractivity contribution < 1.29 is 14.6 Å². The summed E-state index contributed by atoms with van der Waals surface area (Å²) in [5.41, 5.74) is 2.88. The third kappa shape index (κ3) is 3.40. The number of ketones is 1. The fraction of sp³-hybridized carbons (Fsp3) is 0.0909. The Bertz CT molecular complexity index is 1120. The highest BCUT2D eigenvalue weighted by Crippen LogP contribution is 2.29. The van der Waals surface area contributed by atoms with Gasteiger partial charge in [0, 0.05) is 52.2 Å². The second-order valence-electron chi connectivity index (χ2n) is 6.37. The van der Waals surface area contributed by atoms with Gasteiger partial charge in [0.1, 0.15) is 11.8 Å². The number of aromatic nitrogens is 2. The number of hydrogen-bond donors (Lipinski definition) is 3. The molecule has 0 amide bonds. The lowest BCUT2D eigenvalue weighted by Crippen LogP contribution is -2.21. The van der Waals surface area contributed by atoms with Gasteiger partial charge in [0.05, 0.1) is 7.11 Å². The normalized spacial score (nSPS) is 11.9. The average Bonchev–Trinajstić information content (AvgIpc) is 3.17. The van der Waals surface area contributed by atoms with Crippen LogP contribution in [0.3, 0.4) is 0 Å². The molecule has 0 spiro atoms. The molecular formula is C22H19N3O3. The first kappa shape index (κ1) is 17.6. The molecule has 0 bridgehead atoms. The summed E-state index contributed by atoms with van der Waals surface area (Å²) in [6, 6.07) is 17.5. The van der Waals surface area contributed by atoms with Crippen LogP contribution >= 0.6 is 0 Å². The number of ether oxygens (including phenoxy) is 1. The summed E-state index contributed by atoms with van der Waals surface area (Å²) in [4.78, 5) is 20.5. The largest absolute Gasteiger partial charge is 0.497 e. The fourth-order valence-corrected chi connectivity index (χ4v) is 3.18. The van der Waals surface area contributed by atoms with E-state index < -0.39 is 6.04 Å². The van der Waals surface area contributed by atoms with Gasteiger partial charge >= 0.3 is 0 Å². The first-order chi connectivity index (χ1) is 13.7. The second kappa shape index (κ2) is 7.44. The molecule has 2 aromatic carbocycles. The van der Waals surface area contributed by atoms with Gasteiger partial charge in [-0.1, -0.05) is 24.3 Å². The smallest absolute Gasteiger partial charge is 0.210 e. The SMILES string of the molecule is COc1cccc(NC(C(=O)c2c[nH]c3ccccc23)c2ccc(O)nc2)c1. The summed E-state index contributed by atoms with van der Waals surface area (Å²) in [5.74, 6) is 0.489.